The van der Waals surface area contributed by atoms with Crippen LogP contribution in [0.15, 0.2) is 29.3 Å². The molecule has 0 aromatic heterocycles. The molecule has 3 rings (SSSR count). The van der Waals surface area contributed by atoms with Gasteiger partial charge in [0.1, 0.15) is 11.7 Å². The Hall–Kier alpha value is -2.28. The van der Waals surface area contributed by atoms with Gasteiger partial charge >= 0.3 is 0 Å². The molecule has 0 bridgehead atoms. The number of carbonyl (C=O) groups is 2. The van der Waals surface area contributed by atoms with Gasteiger partial charge in [-0.2, -0.15) is 4.99 Å². The normalized spacial score (nSPS) is 22.8. The first-order chi connectivity index (χ1) is 10.1. The average Bonchev–Trinajstić information content (AvgIpc) is 2.49. The number of nitrogens with one attached hydrogen (secondary N) is 2. The van der Waals surface area contributed by atoms with Crippen LogP contribution in [-0.4, -0.2) is 48.9 Å². The minimum absolute atomic E-state index is 0.310. The Morgan fingerprint density at radius 1 is 1.14 bits per heavy atom. The maximum Gasteiger partial charge on any atom is 0.265 e. The molecule has 110 valence electrons. The highest BCUT2D eigenvalue weighted by atomic mass is 19.1. The van der Waals surface area contributed by atoms with Crippen LogP contribution in [0, 0.1) is 5.82 Å². The number of halogens is 1. The lowest BCUT2D eigenvalue weighted by atomic mass is 9.96. The Kier molecular flexibility index (Phi) is 3.66. The van der Waals surface area contributed by atoms with Crippen molar-refractivity contribution in [2.75, 3.05) is 26.2 Å². The molecular formula is C14H15FN4O2. The zero-order chi connectivity index (χ0) is 14.8. The van der Waals surface area contributed by atoms with E-state index in [0.29, 0.717) is 24.6 Å². The third-order valence-corrected chi connectivity index (χ3v) is 3.58. The van der Waals surface area contributed by atoms with Crippen molar-refractivity contribution in [1.82, 2.24) is 15.5 Å². The molecule has 2 heterocycles. The zero-order valence-corrected chi connectivity index (χ0v) is 11.3. The van der Waals surface area contributed by atoms with E-state index in [9.17, 15) is 14.0 Å². The number of carbonyl (C=O) groups excluding carboxylic acids is 2. The number of nitrogens with zero attached hydrogens (tertiary/aromatic N) is 2. The van der Waals surface area contributed by atoms with Crippen LogP contribution in [0.3, 0.4) is 0 Å². The number of aliphatic imine (C=N–C) groups is 1. The summed E-state index contributed by atoms with van der Waals surface area (Å²) in [6.07, 6.45) is 0. The molecule has 1 saturated heterocycles. The van der Waals surface area contributed by atoms with Gasteiger partial charge in [-0.1, -0.05) is 12.1 Å². The number of guanidine groups is 1. The van der Waals surface area contributed by atoms with Crippen LogP contribution in [0.5, 0.6) is 0 Å². The molecule has 0 spiro atoms. The molecule has 1 aromatic rings. The van der Waals surface area contributed by atoms with Gasteiger partial charge in [0.25, 0.3) is 5.91 Å². The van der Waals surface area contributed by atoms with Gasteiger partial charge in [-0.05, 0) is 17.7 Å². The Morgan fingerprint density at radius 2 is 1.81 bits per heavy atom. The summed E-state index contributed by atoms with van der Waals surface area (Å²) in [5.74, 6) is -2.04. The summed E-state index contributed by atoms with van der Waals surface area (Å²) in [6, 6.07) is 5.32. The average molecular weight is 290 g/mol. The number of hydrogen-bond acceptors (Lipinski definition) is 4. The summed E-state index contributed by atoms with van der Waals surface area (Å²) in [6.45, 7) is 2.94. The third-order valence-electron chi connectivity index (χ3n) is 3.58. The van der Waals surface area contributed by atoms with E-state index in [1.807, 2.05) is 4.90 Å². The minimum Gasteiger partial charge on any atom is -0.340 e. The van der Waals surface area contributed by atoms with Gasteiger partial charge in [0.05, 0.1) is 0 Å². The van der Waals surface area contributed by atoms with E-state index >= 15 is 0 Å². The highest BCUT2D eigenvalue weighted by Gasteiger charge is 2.35. The summed E-state index contributed by atoms with van der Waals surface area (Å²) in [4.78, 5) is 30.2. The Bertz CT molecular complexity index is 593. The summed E-state index contributed by atoms with van der Waals surface area (Å²) < 4.78 is 12.9. The molecule has 21 heavy (non-hydrogen) atoms. The van der Waals surface area contributed by atoms with Gasteiger partial charge in [0.2, 0.25) is 11.9 Å². The van der Waals surface area contributed by atoms with Crippen molar-refractivity contribution in [3.8, 4) is 0 Å². The van der Waals surface area contributed by atoms with E-state index < -0.39 is 23.5 Å². The molecule has 1 fully saturated rings. The number of hydrogen-bond donors (Lipinski definition) is 2. The maximum absolute atomic E-state index is 12.9. The van der Waals surface area contributed by atoms with Crippen LogP contribution in [0.1, 0.15) is 11.5 Å². The van der Waals surface area contributed by atoms with Crippen LogP contribution in [-0.2, 0) is 9.59 Å². The Labute approximate surface area is 121 Å². The number of piperazine rings is 1. The summed E-state index contributed by atoms with van der Waals surface area (Å²) in [5, 5.41) is 5.86. The molecule has 2 N–H and O–H groups in total. The smallest absolute Gasteiger partial charge is 0.265 e. The fraction of sp³-hybridized carbons (Fsp3) is 0.357. The van der Waals surface area contributed by atoms with Crippen molar-refractivity contribution in [2.45, 2.75) is 5.92 Å². The van der Waals surface area contributed by atoms with Crippen LogP contribution >= 0.6 is 0 Å². The fourth-order valence-corrected chi connectivity index (χ4v) is 2.47. The van der Waals surface area contributed by atoms with E-state index in [0.717, 1.165) is 13.1 Å². The van der Waals surface area contributed by atoms with Gasteiger partial charge in [-0.25, -0.2) is 4.39 Å². The monoisotopic (exact) mass is 290 g/mol. The van der Waals surface area contributed by atoms with Gasteiger partial charge in [0, 0.05) is 26.2 Å². The summed E-state index contributed by atoms with van der Waals surface area (Å²) in [5.41, 5.74) is 0.446. The number of rotatable bonds is 1. The van der Waals surface area contributed by atoms with E-state index in [-0.39, 0.29) is 0 Å². The highest BCUT2D eigenvalue weighted by Crippen LogP contribution is 2.21. The largest absolute Gasteiger partial charge is 0.340 e. The number of benzene rings is 1. The molecule has 2 aliphatic heterocycles. The van der Waals surface area contributed by atoms with Crippen LogP contribution in [0.2, 0.25) is 0 Å². The molecule has 1 aromatic carbocycles. The Balaban J connectivity index is 1.83. The standard InChI is InChI=1S/C14H15FN4O2/c15-10-3-1-9(2-4-10)11-12(20)17-14(18-13(11)21)19-7-5-16-6-8-19/h1-4,11,16H,5-8H2,(H,17,18,20,21). The zero-order valence-electron chi connectivity index (χ0n) is 11.3. The molecule has 6 nitrogen and oxygen atoms in total. The van der Waals surface area contributed by atoms with E-state index in [2.05, 4.69) is 15.6 Å². The molecule has 1 unspecified atom stereocenters. The number of amides is 2. The van der Waals surface area contributed by atoms with E-state index in [1.54, 1.807) is 0 Å². The van der Waals surface area contributed by atoms with Gasteiger partial charge in [0.15, 0.2) is 0 Å². The van der Waals surface area contributed by atoms with Crippen molar-refractivity contribution < 1.29 is 14.0 Å². The lowest BCUT2D eigenvalue weighted by Gasteiger charge is -2.32. The molecule has 2 aliphatic rings. The van der Waals surface area contributed by atoms with Crippen LogP contribution in [0.4, 0.5) is 4.39 Å². The molecule has 0 saturated carbocycles. The van der Waals surface area contributed by atoms with E-state index in [4.69, 9.17) is 0 Å². The second-order valence-corrected chi connectivity index (χ2v) is 4.98. The molecule has 1 atom stereocenters. The first-order valence-electron chi connectivity index (χ1n) is 6.80. The first-order valence-corrected chi connectivity index (χ1v) is 6.80. The van der Waals surface area contributed by atoms with Gasteiger partial charge in [-0.15, -0.1) is 0 Å². The van der Waals surface area contributed by atoms with E-state index in [1.165, 1.54) is 24.3 Å². The minimum atomic E-state index is -1.00. The summed E-state index contributed by atoms with van der Waals surface area (Å²) >= 11 is 0. The van der Waals surface area contributed by atoms with Crippen LogP contribution in [0.25, 0.3) is 0 Å². The Morgan fingerprint density at radius 3 is 2.43 bits per heavy atom. The predicted molar refractivity (Wildman–Crippen MR) is 74.2 cm³/mol. The molecule has 0 radical (unpaired) electrons. The van der Waals surface area contributed by atoms with Crippen molar-refractivity contribution >= 4 is 17.8 Å². The van der Waals surface area contributed by atoms with Gasteiger partial charge < -0.3 is 10.2 Å². The topological polar surface area (TPSA) is 73.8 Å². The van der Waals surface area contributed by atoms with Crippen molar-refractivity contribution in [1.29, 1.82) is 0 Å². The van der Waals surface area contributed by atoms with Gasteiger partial charge in [-0.3, -0.25) is 14.9 Å². The first kappa shape index (κ1) is 13.7. The second kappa shape index (κ2) is 5.61. The SMILES string of the molecule is O=C1N=C(N2CCNCC2)NC(=O)C1c1ccc(F)cc1. The molecule has 7 heteroatoms. The lowest BCUT2D eigenvalue weighted by Crippen LogP contribution is -2.55. The second-order valence-electron chi connectivity index (χ2n) is 4.98. The fourth-order valence-electron chi connectivity index (χ4n) is 2.47. The van der Waals surface area contributed by atoms with Crippen molar-refractivity contribution in [2.24, 2.45) is 4.99 Å². The summed E-state index contributed by atoms with van der Waals surface area (Å²) in [7, 11) is 0. The van der Waals surface area contributed by atoms with Crippen molar-refractivity contribution in [3.63, 3.8) is 0 Å². The molecule has 2 amide bonds. The predicted octanol–water partition coefficient (Wildman–Crippen LogP) is -0.173. The van der Waals surface area contributed by atoms with Crippen LogP contribution < -0.4 is 10.6 Å². The van der Waals surface area contributed by atoms with Crippen molar-refractivity contribution in [3.05, 3.63) is 35.6 Å². The quantitative estimate of drug-likeness (QED) is 0.704. The molecule has 0 aliphatic carbocycles. The molecular weight excluding hydrogens is 275 g/mol. The third kappa shape index (κ3) is 2.78. The maximum atomic E-state index is 12.9. The highest BCUT2D eigenvalue weighted by molar-refractivity contribution is 6.18. The lowest BCUT2D eigenvalue weighted by molar-refractivity contribution is -0.130.